The van der Waals surface area contributed by atoms with Gasteiger partial charge >= 0.3 is 11.9 Å². The third kappa shape index (κ3) is 8.36. The van der Waals surface area contributed by atoms with Crippen molar-refractivity contribution < 1.29 is 28.7 Å². The van der Waals surface area contributed by atoms with Crippen LogP contribution in [0.15, 0.2) is 36.4 Å². The summed E-state index contributed by atoms with van der Waals surface area (Å²) in [5.41, 5.74) is 25.0. The first-order valence-corrected chi connectivity index (χ1v) is 11.2. The molecule has 2 atom stereocenters. The van der Waals surface area contributed by atoms with Crippen LogP contribution in [0.2, 0.25) is 5.02 Å². The fraction of sp³-hybridized carbons (Fsp3) is 0.333. The van der Waals surface area contributed by atoms with Crippen LogP contribution in [0, 0.1) is 6.92 Å². The van der Waals surface area contributed by atoms with Crippen LogP contribution in [0.3, 0.4) is 0 Å². The largest absolute Gasteiger partial charge is 0.464 e. The predicted molar refractivity (Wildman–Crippen MR) is 132 cm³/mol. The average Bonchev–Trinajstić information content (AvgIpc) is 2.78. The van der Waals surface area contributed by atoms with E-state index in [1.165, 1.54) is 18.2 Å². The Bertz CT molecular complexity index is 1020. The zero-order valence-corrected chi connectivity index (χ0v) is 20.0. The van der Waals surface area contributed by atoms with Crippen LogP contribution in [0.4, 0.5) is 11.4 Å². The van der Waals surface area contributed by atoms with E-state index in [2.05, 4.69) is 0 Å². The van der Waals surface area contributed by atoms with Crippen molar-refractivity contribution in [3.8, 4) is 0 Å². The van der Waals surface area contributed by atoms with Crippen LogP contribution in [-0.2, 0) is 19.1 Å². The summed E-state index contributed by atoms with van der Waals surface area (Å²) in [4.78, 5) is 48.7. The fourth-order valence-electron chi connectivity index (χ4n) is 3.13. The molecule has 11 heteroatoms. The van der Waals surface area contributed by atoms with Crippen molar-refractivity contribution in [2.45, 2.75) is 38.3 Å². The minimum absolute atomic E-state index is 0.0872. The smallest absolute Gasteiger partial charge is 0.323 e. The average molecular weight is 505 g/mol. The zero-order chi connectivity index (χ0) is 26.1. The quantitative estimate of drug-likeness (QED) is 0.143. The summed E-state index contributed by atoms with van der Waals surface area (Å²) in [6.07, 6.45) is -0.385. The molecule has 0 saturated carbocycles. The van der Waals surface area contributed by atoms with Gasteiger partial charge in [-0.3, -0.25) is 19.2 Å². The highest BCUT2D eigenvalue weighted by molar-refractivity contribution is 6.31. The Morgan fingerprint density at radius 3 is 1.71 bits per heavy atom. The number of hydrogen-bond acceptors (Lipinski definition) is 10. The lowest BCUT2D eigenvalue weighted by molar-refractivity contribution is -0.147. The molecule has 188 valence electrons. The molecule has 0 aromatic heterocycles. The third-order valence-electron chi connectivity index (χ3n) is 5.01. The van der Waals surface area contributed by atoms with Gasteiger partial charge in [0, 0.05) is 46.8 Å². The lowest BCUT2D eigenvalue weighted by atomic mass is 10.0. The SMILES string of the molecule is Cc1ccc(C(=O)CC(N)C(=O)OCCCOC(=O)C(N)CC(=O)c2ccc(Cl)cc2N)c(N)c1. The molecule has 0 fully saturated rings. The number of benzene rings is 2. The molecule has 0 radical (unpaired) electrons. The first-order valence-electron chi connectivity index (χ1n) is 10.8. The van der Waals surface area contributed by atoms with Gasteiger partial charge in [-0.25, -0.2) is 0 Å². The van der Waals surface area contributed by atoms with E-state index in [4.69, 9.17) is 44.0 Å². The highest BCUT2D eigenvalue weighted by atomic mass is 35.5. The lowest BCUT2D eigenvalue weighted by Crippen LogP contribution is -2.36. The summed E-state index contributed by atoms with van der Waals surface area (Å²) in [5.74, 6) is -2.34. The first-order chi connectivity index (χ1) is 16.5. The molecule has 10 nitrogen and oxygen atoms in total. The Kier molecular flexibility index (Phi) is 10.2. The Balaban J connectivity index is 1.69. The second-order valence-electron chi connectivity index (χ2n) is 7.98. The molecule has 0 heterocycles. The number of nitrogen functional groups attached to an aromatic ring is 2. The van der Waals surface area contributed by atoms with Crippen LogP contribution in [0.5, 0.6) is 0 Å². The minimum Gasteiger partial charge on any atom is -0.464 e. The highest BCUT2D eigenvalue weighted by Gasteiger charge is 2.23. The number of ether oxygens (including phenoxy) is 2. The van der Waals surface area contributed by atoms with E-state index < -0.39 is 29.8 Å². The number of rotatable bonds is 12. The maximum Gasteiger partial charge on any atom is 0.323 e. The van der Waals surface area contributed by atoms with Gasteiger partial charge in [-0.2, -0.15) is 0 Å². The number of ketones is 2. The Morgan fingerprint density at radius 1 is 0.800 bits per heavy atom. The molecule has 35 heavy (non-hydrogen) atoms. The molecular formula is C24H29ClN4O6. The molecule has 2 unspecified atom stereocenters. The fourth-order valence-corrected chi connectivity index (χ4v) is 3.31. The van der Waals surface area contributed by atoms with Gasteiger partial charge in [0.15, 0.2) is 11.6 Å². The number of carbonyl (C=O) groups excluding carboxylic acids is 4. The zero-order valence-electron chi connectivity index (χ0n) is 19.3. The van der Waals surface area contributed by atoms with Crippen LogP contribution in [0.1, 0.15) is 45.5 Å². The number of halogens is 1. The van der Waals surface area contributed by atoms with E-state index in [0.29, 0.717) is 16.3 Å². The van der Waals surface area contributed by atoms with Crippen molar-refractivity contribution in [2.24, 2.45) is 11.5 Å². The van der Waals surface area contributed by atoms with E-state index in [1.54, 1.807) is 18.2 Å². The number of nitrogens with two attached hydrogens (primary N) is 4. The van der Waals surface area contributed by atoms with Crippen LogP contribution < -0.4 is 22.9 Å². The van der Waals surface area contributed by atoms with Gasteiger partial charge in [0.1, 0.15) is 12.1 Å². The van der Waals surface area contributed by atoms with E-state index in [-0.39, 0.29) is 49.5 Å². The van der Waals surface area contributed by atoms with E-state index in [9.17, 15) is 19.2 Å². The van der Waals surface area contributed by atoms with Crippen LogP contribution in [-0.4, -0.2) is 48.8 Å². The lowest BCUT2D eigenvalue weighted by Gasteiger charge is -2.13. The topological polar surface area (TPSA) is 191 Å². The summed E-state index contributed by atoms with van der Waals surface area (Å²) in [6.45, 7) is 1.66. The molecule has 8 N–H and O–H groups in total. The number of Topliss-reactive ketones (excluding diaryl/α,β-unsaturated/α-hetero) is 2. The maximum atomic E-state index is 12.3. The summed E-state index contributed by atoms with van der Waals surface area (Å²) in [5, 5.41) is 0.381. The van der Waals surface area contributed by atoms with Crippen LogP contribution >= 0.6 is 11.6 Å². The van der Waals surface area contributed by atoms with Gasteiger partial charge in [0.05, 0.1) is 13.2 Å². The Labute approximate surface area is 207 Å². The van der Waals surface area contributed by atoms with Gasteiger partial charge < -0.3 is 32.4 Å². The van der Waals surface area contributed by atoms with E-state index >= 15 is 0 Å². The molecule has 0 bridgehead atoms. The van der Waals surface area contributed by atoms with Crippen molar-refractivity contribution in [2.75, 3.05) is 24.7 Å². The third-order valence-corrected chi connectivity index (χ3v) is 5.25. The summed E-state index contributed by atoms with van der Waals surface area (Å²) in [6, 6.07) is 7.04. The monoisotopic (exact) mass is 504 g/mol. The van der Waals surface area contributed by atoms with Gasteiger partial charge in [-0.15, -0.1) is 0 Å². The van der Waals surface area contributed by atoms with Crippen LogP contribution in [0.25, 0.3) is 0 Å². The number of hydrogen-bond donors (Lipinski definition) is 4. The molecular weight excluding hydrogens is 476 g/mol. The van der Waals surface area contributed by atoms with Crippen molar-refractivity contribution in [3.63, 3.8) is 0 Å². The molecule has 0 spiro atoms. The number of aryl methyl sites for hydroxylation is 1. The van der Waals surface area contributed by atoms with E-state index in [0.717, 1.165) is 5.56 Å². The standard InChI is InChI=1S/C24H29ClN4O6/c1-13-3-5-15(17(26)9-13)21(30)11-19(28)23(32)34-7-2-8-35-24(33)20(29)12-22(31)16-6-4-14(25)10-18(16)27/h3-6,9-10,19-20H,2,7-8,11-12,26-29H2,1H3. The first kappa shape index (κ1) is 27.8. The molecule has 0 aliphatic rings. The second-order valence-corrected chi connectivity index (χ2v) is 8.41. The van der Waals surface area contributed by atoms with Crippen molar-refractivity contribution in [1.29, 1.82) is 0 Å². The number of anilines is 2. The predicted octanol–water partition coefficient (Wildman–Crippen LogP) is 1.79. The Morgan fingerprint density at radius 2 is 1.26 bits per heavy atom. The molecule has 2 aromatic rings. The van der Waals surface area contributed by atoms with Gasteiger partial charge in [0.2, 0.25) is 0 Å². The summed E-state index contributed by atoms with van der Waals surface area (Å²) < 4.78 is 10.0. The number of carbonyl (C=O) groups is 4. The highest BCUT2D eigenvalue weighted by Crippen LogP contribution is 2.20. The molecule has 2 aromatic carbocycles. The van der Waals surface area contributed by atoms with Crippen molar-refractivity contribution in [1.82, 2.24) is 0 Å². The van der Waals surface area contributed by atoms with Gasteiger partial charge in [-0.05, 0) is 42.8 Å². The molecule has 2 rings (SSSR count). The molecule has 0 aliphatic heterocycles. The number of esters is 2. The Hall–Kier alpha value is -3.47. The molecule has 0 aliphatic carbocycles. The molecule has 0 saturated heterocycles. The maximum absolute atomic E-state index is 12.3. The summed E-state index contributed by atoms with van der Waals surface area (Å²) in [7, 11) is 0. The van der Waals surface area contributed by atoms with E-state index in [1.807, 2.05) is 6.92 Å². The summed E-state index contributed by atoms with van der Waals surface area (Å²) >= 11 is 5.81. The normalized spacial score (nSPS) is 12.5. The minimum atomic E-state index is -1.19. The van der Waals surface area contributed by atoms with Crippen molar-refractivity contribution >= 4 is 46.5 Å². The second kappa shape index (κ2) is 12.8. The van der Waals surface area contributed by atoms with Gasteiger partial charge in [-0.1, -0.05) is 17.7 Å². The van der Waals surface area contributed by atoms with Gasteiger partial charge in [0.25, 0.3) is 0 Å². The molecule has 0 amide bonds. The van der Waals surface area contributed by atoms with Crippen molar-refractivity contribution in [3.05, 3.63) is 58.1 Å².